The second-order valence-corrected chi connectivity index (χ2v) is 4.82. The maximum atomic E-state index is 13.0. The molecule has 0 aliphatic rings. The van der Waals surface area contributed by atoms with E-state index in [9.17, 15) is 13.2 Å². The molecule has 0 spiro atoms. The molecule has 0 saturated heterocycles. The molecule has 2 aromatic carbocycles. The van der Waals surface area contributed by atoms with Gasteiger partial charge in [0.05, 0.1) is 5.56 Å². The first kappa shape index (κ1) is 13.7. The van der Waals surface area contributed by atoms with Crippen LogP contribution >= 0.6 is 0 Å². The fourth-order valence-corrected chi connectivity index (χ4v) is 2.05. The van der Waals surface area contributed by atoms with Gasteiger partial charge in [-0.1, -0.05) is 56.3 Å². The van der Waals surface area contributed by atoms with E-state index in [-0.39, 0.29) is 11.5 Å². The fraction of sp³-hybridized carbons (Fsp3) is 0.250. The van der Waals surface area contributed by atoms with E-state index in [1.54, 1.807) is 18.2 Å². The van der Waals surface area contributed by atoms with Gasteiger partial charge in [-0.2, -0.15) is 13.2 Å². The van der Waals surface area contributed by atoms with Gasteiger partial charge in [-0.25, -0.2) is 0 Å². The molecule has 0 bridgehead atoms. The van der Waals surface area contributed by atoms with Crippen molar-refractivity contribution in [2.24, 2.45) is 0 Å². The van der Waals surface area contributed by atoms with Crippen molar-refractivity contribution in [3.05, 3.63) is 59.7 Å². The summed E-state index contributed by atoms with van der Waals surface area (Å²) >= 11 is 0. The highest BCUT2D eigenvalue weighted by atomic mass is 19.4. The minimum atomic E-state index is -4.33. The molecular formula is C16H15F3. The molecule has 0 unspecified atom stereocenters. The molecule has 0 atom stereocenters. The van der Waals surface area contributed by atoms with Crippen molar-refractivity contribution in [2.75, 3.05) is 0 Å². The zero-order valence-corrected chi connectivity index (χ0v) is 10.8. The SMILES string of the molecule is CC(C)c1cccc(-c2ccccc2C(F)(F)F)c1. The first-order valence-corrected chi connectivity index (χ1v) is 6.16. The Bertz CT molecular complexity index is 568. The summed E-state index contributed by atoms with van der Waals surface area (Å²) in [6, 6.07) is 13.0. The Morgan fingerprint density at radius 1 is 0.895 bits per heavy atom. The lowest BCUT2D eigenvalue weighted by molar-refractivity contribution is -0.137. The number of halogens is 3. The van der Waals surface area contributed by atoms with Crippen LogP contribution in [0.25, 0.3) is 11.1 Å². The average molecular weight is 264 g/mol. The van der Waals surface area contributed by atoms with Crippen LogP contribution in [0.1, 0.15) is 30.9 Å². The van der Waals surface area contributed by atoms with Crippen LogP contribution in [-0.4, -0.2) is 0 Å². The predicted octanol–water partition coefficient (Wildman–Crippen LogP) is 5.50. The molecule has 0 saturated carbocycles. The van der Waals surface area contributed by atoms with Crippen LogP contribution in [0.3, 0.4) is 0 Å². The van der Waals surface area contributed by atoms with E-state index >= 15 is 0 Å². The molecule has 19 heavy (non-hydrogen) atoms. The molecule has 0 heterocycles. The van der Waals surface area contributed by atoms with E-state index in [2.05, 4.69) is 0 Å². The van der Waals surface area contributed by atoms with Crippen molar-refractivity contribution in [1.82, 2.24) is 0 Å². The molecule has 0 nitrogen and oxygen atoms in total. The second-order valence-electron chi connectivity index (χ2n) is 4.82. The Morgan fingerprint density at radius 3 is 2.21 bits per heavy atom. The standard InChI is InChI=1S/C16H15F3/c1-11(2)12-6-5-7-13(10-12)14-8-3-4-9-15(14)16(17,18)19/h3-11H,1-2H3. The topological polar surface area (TPSA) is 0 Å². The zero-order valence-electron chi connectivity index (χ0n) is 10.8. The quantitative estimate of drug-likeness (QED) is 0.672. The maximum Gasteiger partial charge on any atom is 0.417 e. The summed E-state index contributed by atoms with van der Waals surface area (Å²) in [7, 11) is 0. The lowest BCUT2D eigenvalue weighted by Gasteiger charge is -2.14. The van der Waals surface area contributed by atoms with Gasteiger partial charge < -0.3 is 0 Å². The van der Waals surface area contributed by atoms with E-state index in [0.29, 0.717) is 5.56 Å². The van der Waals surface area contributed by atoms with Gasteiger partial charge in [-0.3, -0.25) is 0 Å². The summed E-state index contributed by atoms with van der Waals surface area (Å²) in [4.78, 5) is 0. The molecule has 0 fully saturated rings. The Labute approximate surface area is 110 Å². The highest BCUT2D eigenvalue weighted by molar-refractivity contribution is 5.68. The van der Waals surface area contributed by atoms with Crippen LogP contribution < -0.4 is 0 Å². The average Bonchev–Trinajstić information content (AvgIpc) is 2.38. The summed E-state index contributed by atoms with van der Waals surface area (Å²) in [6.07, 6.45) is -4.33. The van der Waals surface area contributed by atoms with Gasteiger partial charge in [-0.05, 0) is 28.7 Å². The van der Waals surface area contributed by atoms with Gasteiger partial charge in [0.15, 0.2) is 0 Å². The van der Waals surface area contributed by atoms with Crippen molar-refractivity contribution in [2.45, 2.75) is 25.9 Å². The largest absolute Gasteiger partial charge is 0.417 e. The van der Waals surface area contributed by atoms with Crippen molar-refractivity contribution >= 4 is 0 Å². The highest BCUT2D eigenvalue weighted by Gasteiger charge is 2.33. The normalized spacial score (nSPS) is 11.9. The molecule has 2 rings (SSSR count). The number of rotatable bonds is 2. The smallest absolute Gasteiger partial charge is 0.166 e. The monoisotopic (exact) mass is 264 g/mol. The molecule has 2 aromatic rings. The third-order valence-corrected chi connectivity index (χ3v) is 3.10. The molecule has 0 N–H and O–H groups in total. The number of hydrogen-bond acceptors (Lipinski definition) is 0. The van der Waals surface area contributed by atoms with Crippen LogP contribution in [0, 0.1) is 0 Å². The summed E-state index contributed by atoms with van der Waals surface area (Å²) < 4.78 is 39.0. The van der Waals surface area contributed by atoms with E-state index < -0.39 is 11.7 Å². The van der Waals surface area contributed by atoms with Crippen molar-refractivity contribution in [1.29, 1.82) is 0 Å². The molecule has 0 radical (unpaired) electrons. The Morgan fingerprint density at radius 2 is 1.58 bits per heavy atom. The van der Waals surface area contributed by atoms with E-state index in [0.717, 1.165) is 11.6 Å². The molecule has 0 aliphatic carbocycles. The van der Waals surface area contributed by atoms with E-state index in [4.69, 9.17) is 0 Å². The van der Waals surface area contributed by atoms with Crippen LogP contribution in [0.5, 0.6) is 0 Å². The minimum Gasteiger partial charge on any atom is -0.166 e. The Hall–Kier alpha value is -1.77. The maximum absolute atomic E-state index is 13.0. The third kappa shape index (κ3) is 2.98. The van der Waals surface area contributed by atoms with Crippen molar-refractivity contribution < 1.29 is 13.2 Å². The van der Waals surface area contributed by atoms with Gasteiger partial charge in [-0.15, -0.1) is 0 Å². The zero-order chi connectivity index (χ0) is 14.0. The van der Waals surface area contributed by atoms with Gasteiger partial charge in [0.2, 0.25) is 0 Å². The van der Waals surface area contributed by atoms with Gasteiger partial charge in [0, 0.05) is 0 Å². The van der Waals surface area contributed by atoms with Crippen LogP contribution in [0.4, 0.5) is 13.2 Å². The second kappa shape index (κ2) is 5.08. The predicted molar refractivity (Wildman–Crippen MR) is 71.0 cm³/mol. The lowest BCUT2D eigenvalue weighted by Crippen LogP contribution is -2.06. The Kier molecular flexibility index (Phi) is 3.65. The van der Waals surface area contributed by atoms with Gasteiger partial charge in [0.1, 0.15) is 0 Å². The fourth-order valence-electron chi connectivity index (χ4n) is 2.05. The van der Waals surface area contributed by atoms with Crippen LogP contribution in [-0.2, 0) is 6.18 Å². The first-order valence-electron chi connectivity index (χ1n) is 6.16. The summed E-state index contributed by atoms with van der Waals surface area (Å²) in [5.41, 5.74) is 1.29. The third-order valence-electron chi connectivity index (χ3n) is 3.10. The number of hydrogen-bond donors (Lipinski definition) is 0. The number of alkyl halides is 3. The molecule has 0 aliphatic heterocycles. The molecule has 0 amide bonds. The molecule has 3 heteroatoms. The van der Waals surface area contributed by atoms with Gasteiger partial charge in [0.25, 0.3) is 0 Å². The summed E-state index contributed by atoms with van der Waals surface area (Å²) in [5.74, 6) is 0.290. The van der Waals surface area contributed by atoms with Crippen LogP contribution in [0.2, 0.25) is 0 Å². The summed E-state index contributed by atoms with van der Waals surface area (Å²) in [6.45, 7) is 4.05. The van der Waals surface area contributed by atoms with E-state index in [1.807, 2.05) is 26.0 Å². The van der Waals surface area contributed by atoms with Crippen molar-refractivity contribution in [3.8, 4) is 11.1 Å². The van der Waals surface area contributed by atoms with Crippen LogP contribution in [0.15, 0.2) is 48.5 Å². The van der Waals surface area contributed by atoms with Gasteiger partial charge >= 0.3 is 6.18 Å². The van der Waals surface area contributed by atoms with E-state index in [1.165, 1.54) is 12.1 Å². The number of benzene rings is 2. The van der Waals surface area contributed by atoms with Crippen molar-refractivity contribution in [3.63, 3.8) is 0 Å². The molecule has 0 aromatic heterocycles. The minimum absolute atomic E-state index is 0.234. The first-order chi connectivity index (χ1) is 8.89. The summed E-state index contributed by atoms with van der Waals surface area (Å²) in [5, 5.41) is 0. The Balaban J connectivity index is 2.56. The molecule has 100 valence electrons. The highest BCUT2D eigenvalue weighted by Crippen LogP contribution is 2.37. The lowest BCUT2D eigenvalue weighted by atomic mass is 9.94. The molecular weight excluding hydrogens is 249 g/mol.